The molecule has 5 heteroatoms. The third-order valence-electron chi connectivity index (χ3n) is 3.84. The maximum absolute atomic E-state index is 5.61. The van der Waals surface area contributed by atoms with Gasteiger partial charge < -0.3 is 10.6 Å². The molecule has 1 aromatic rings. The van der Waals surface area contributed by atoms with Gasteiger partial charge in [0.1, 0.15) is 0 Å². The first-order valence-electron chi connectivity index (χ1n) is 6.50. The number of aromatic nitrogens is 1. The Morgan fingerprint density at radius 1 is 1.35 bits per heavy atom. The molecule has 1 atom stereocenters. The van der Waals surface area contributed by atoms with Crippen LogP contribution in [0.3, 0.4) is 0 Å². The monoisotopic (exact) mass is 252 g/mol. The van der Waals surface area contributed by atoms with Crippen LogP contribution in [0, 0.1) is 0 Å². The van der Waals surface area contributed by atoms with E-state index in [-0.39, 0.29) is 0 Å². The lowest BCUT2D eigenvalue weighted by Gasteiger charge is -2.23. The van der Waals surface area contributed by atoms with Crippen molar-refractivity contribution in [2.24, 2.45) is 5.73 Å². The quantitative estimate of drug-likeness (QED) is 0.880. The van der Waals surface area contributed by atoms with Crippen LogP contribution in [0.4, 0.5) is 5.13 Å². The van der Waals surface area contributed by atoms with Crippen LogP contribution in [0.5, 0.6) is 0 Å². The van der Waals surface area contributed by atoms with Crippen LogP contribution in [0.25, 0.3) is 0 Å². The molecule has 1 unspecified atom stereocenters. The van der Waals surface area contributed by atoms with Gasteiger partial charge in [0.05, 0.1) is 5.69 Å². The summed E-state index contributed by atoms with van der Waals surface area (Å²) in [5.41, 5.74) is 6.63. The second-order valence-corrected chi connectivity index (χ2v) is 5.79. The molecule has 94 valence electrons. The molecule has 2 saturated heterocycles. The van der Waals surface area contributed by atoms with Crippen LogP contribution >= 0.6 is 11.3 Å². The molecule has 17 heavy (non-hydrogen) atoms. The molecule has 2 aliphatic heterocycles. The first-order chi connectivity index (χ1) is 8.36. The standard InChI is InChI=1S/C12H20N4S/c13-7-10-9-17-12(14-10)16-6-3-11(8-16)15-4-1-2-5-15/h9,11H,1-8,13H2. The number of rotatable bonds is 3. The van der Waals surface area contributed by atoms with Crippen molar-refractivity contribution in [2.45, 2.75) is 31.8 Å². The van der Waals surface area contributed by atoms with Gasteiger partial charge in [-0.05, 0) is 32.4 Å². The molecule has 2 aliphatic rings. The van der Waals surface area contributed by atoms with Crippen LogP contribution in [-0.2, 0) is 6.54 Å². The second kappa shape index (κ2) is 4.92. The summed E-state index contributed by atoms with van der Waals surface area (Å²) in [7, 11) is 0. The summed E-state index contributed by atoms with van der Waals surface area (Å²) in [5, 5.41) is 3.24. The van der Waals surface area contributed by atoms with Crippen molar-refractivity contribution in [2.75, 3.05) is 31.1 Å². The minimum absolute atomic E-state index is 0.555. The smallest absolute Gasteiger partial charge is 0.185 e. The first kappa shape index (κ1) is 11.4. The van der Waals surface area contributed by atoms with E-state index in [1.54, 1.807) is 11.3 Å². The van der Waals surface area contributed by atoms with Crippen molar-refractivity contribution < 1.29 is 0 Å². The maximum Gasteiger partial charge on any atom is 0.185 e. The minimum Gasteiger partial charge on any atom is -0.346 e. The van der Waals surface area contributed by atoms with Crippen LogP contribution in [0.15, 0.2) is 5.38 Å². The molecule has 0 aliphatic carbocycles. The molecule has 0 radical (unpaired) electrons. The normalized spacial score (nSPS) is 25.9. The Hall–Kier alpha value is -0.650. The highest BCUT2D eigenvalue weighted by atomic mass is 32.1. The molecule has 0 bridgehead atoms. The molecule has 3 rings (SSSR count). The van der Waals surface area contributed by atoms with E-state index in [0.29, 0.717) is 6.54 Å². The predicted molar refractivity (Wildman–Crippen MR) is 71.4 cm³/mol. The van der Waals surface area contributed by atoms with Crippen LogP contribution in [0.2, 0.25) is 0 Å². The Morgan fingerprint density at radius 2 is 2.18 bits per heavy atom. The molecule has 1 aromatic heterocycles. The van der Waals surface area contributed by atoms with E-state index < -0.39 is 0 Å². The fraction of sp³-hybridized carbons (Fsp3) is 0.750. The van der Waals surface area contributed by atoms with Gasteiger partial charge >= 0.3 is 0 Å². The largest absolute Gasteiger partial charge is 0.346 e. The molecule has 4 nitrogen and oxygen atoms in total. The van der Waals surface area contributed by atoms with E-state index in [2.05, 4.69) is 20.2 Å². The zero-order valence-corrected chi connectivity index (χ0v) is 11.0. The molecule has 3 heterocycles. The van der Waals surface area contributed by atoms with Crippen LogP contribution in [0.1, 0.15) is 25.0 Å². The SMILES string of the molecule is NCc1csc(N2CCC(N3CCCC3)C2)n1. The molecule has 0 saturated carbocycles. The molecule has 0 spiro atoms. The van der Waals surface area contributed by atoms with Crippen molar-refractivity contribution >= 4 is 16.5 Å². The van der Waals surface area contributed by atoms with Crippen LogP contribution in [-0.4, -0.2) is 42.1 Å². The number of nitrogens with two attached hydrogens (primary N) is 1. The van der Waals surface area contributed by atoms with Gasteiger partial charge in [-0.25, -0.2) is 4.98 Å². The molecule has 0 amide bonds. The van der Waals surface area contributed by atoms with Crippen LogP contribution < -0.4 is 10.6 Å². The summed E-state index contributed by atoms with van der Waals surface area (Å²) in [5.74, 6) is 0. The lowest BCUT2D eigenvalue weighted by atomic mass is 10.2. The van der Waals surface area contributed by atoms with Gasteiger partial charge in [-0.1, -0.05) is 0 Å². The fourth-order valence-corrected chi connectivity index (χ4v) is 3.73. The molecule has 0 aromatic carbocycles. The van der Waals surface area contributed by atoms with Gasteiger partial charge in [0, 0.05) is 31.1 Å². The third kappa shape index (κ3) is 2.32. The van der Waals surface area contributed by atoms with E-state index in [0.717, 1.165) is 30.0 Å². The average molecular weight is 252 g/mol. The van der Waals surface area contributed by atoms with Gasteiger partial charge in [0.2, 0.25) is 0 Å². The summed E-state index contributed by atoms with van der Waals surface area (Å²) in [6, 6.07) is 0.753. The van der Waals surface area contributed by atoms with Crippen molar-refractivity contribution in [1.29, 1.82) is 0 Å². The Balaban J connectivity index is 1.62. The lowest BCUT2D eigenvalue weighted by molar-refractivity contribution is 0.260. The van der Waals surface area contributed by atoms with Gasteiger partial charge in [-0.2, -0.15) is 0 Å². The van der Waals surface area contributed by atoms with Crippen molar-refractivity contribution in [3.05, 3.63) is 11.1 Å². The summed E-state index contributed by atoms with van der Waals surface area (Å²) in [4.78, 5) is 9.65. The zero-order chi connectivity index (χ0) is 11.7. The minimum atomic E-state index is 0.555. The Morgan fingerprint density at radius 3 is 2.88 bits per heavy atom. The Labute approximate surface area is 106 Å². The molecule has 2 fully saturated rings. The van der Waals surface area contributed by atoms with E-state index in [4.69, 9.17) is 5.73 Å². The van der Waals surface area contributed by atoms with E-state index >= 15 is 0 Å². The highest BCUT2D eigenvalue weighted by molar-refractivity contribution is 7.13. The van der Waals surface area contributed by atoms with E-state index in [1.165, 1.54) is 32.4 Å². The predicted octanol–water partition coefficient (Wildman–Crippen LogP) is 1.28. The summed E-state index contributed by atoms with van der Waals surface area (Å²) in [6.07, 6.45) is 4.05. The Kier molecular flexibility index (Phi) is 3.31. The summed E-state index contributed by atoms with van der Waals surface area (Å²) < 4.78 is 0. The molecular formula is C12H20N4S. The molecule has 2 N–H and O–H groups in total. The number of anilines is 1. The number of likely N-dealkylation sites (tertiary alicyclic amines) is 1. The van der Waals surface area contributed by atoms with Crippen molar-refractivity contribution in [3.63, 3.8) is 0 Å². The number of hydrogen-bond acceptors (Lipinski definition) is 5. The highest BCUT2D eigenvalue weighted by Gasteiger charge is 2.30. The fourth-order valence-electron chi connectivity index (χ4n) is 2.86. The topological polar surface area (TPSA) is 45.4 Å². The maximum atomic E-state index is 5.61. The van der Waals surface area contributed by atoms with Crippen molar-refractivity contribution in [1.82, 2.24) is 9.88 Å². The first-order valence-corrected chi connectivity index (χ1v) is 7.38. The highest BCUT2D eigenvalue weighted by Crippen LogP contribution is 2.27. The molecular weight excluding hydrogens is 232 g/mol. The van der Waals surface area contributed by atoms with E-state index in [9.17, 15) is 0 Å². The average Bonchev–Trinajstić information content (AvgIpc) is 3.09. The summed E-state index contributed by atoms with van der Waals surface area (Å²) in [6.45, 7) is 5.45. The van der Waals surface area contributed by atoms with Gasteiger partial charge in [-0.15, -0.1) is 11.3 Å². The number of nitrogens with zero attached hydrogens (tertiary/aromatic N) is 3. The second-order valence-electron chi connectivity index (χ2n) is 4.96. The van der Waals surface area contributed by atoms with Gasteiger partial charge in [0.25, 0.3) is 0 Å². The Bertz CT molecular complexity index is 372. The van der Waals surface area contributed by atoms with Gasteiger partial charge in [-0.3, -0.25) is 4.90 Å². The van der Waals surface area contributed by atoms with Gasteiger partial charge in [0.15, 0.2) is 5.13 Å². The number of hydrogen-bond donors (Lipinski definition) is 1. The number of thiazole rings is 1. The van der Waals surface area contributed by atoms with Crippen molar-refractivity contribution in [3.8, 4) is 0 Å². The summed E-state index contributed by atoms with van der Waals surface area (Å²) >= 11 is 1.73. The lowest BCUT2D eigenvalue weighted by Crippen LogP contribution is -2.35. The zero-order valence-electron chi connectivity index (χ0n) is 10.1. The third-order valence-corrected chi connectivity index (χ3v) is 4.79. The van der Waals surface area contributed by atoms with E-state index in [1.807, 2.05) is 0 Å².